The third-order valence-corrected chi connectivity index (χ3v) is 3.32. The van der Waals surface area contributed by atoms with Crippen molar-refractivity contribution in [2.24, 2.45) is 5.73 Å². The van der Waals surface area contributed by atoms with Crippen molar-refractivity contribution < 1.29 is 19.6 Å². The molecule has 1 aromatic carbocycles. The zero-order valence-corrected chi connectivity index (χ0v) is 10.5. The number of carbonyl (C=O) groups excluding carboxylic acids is 1. The number of carboxylic acids is 1. The summed E-state index contributed by atoms with van der Waals surface area (Å²) in [4.78, 5) is 34.1. The van der Waals surface area contributed by atoms with Crippen LogP contribution in [-0.2, 0) is 4.79 Å². The summed E-state index contributed by atoms with van der Waals surface area (Å²) < 4.78 is 0. The molecule has 1 atom stereocenters. The highest BCUT2D eigenvalue weighted by Crippen LogP contribution is 2.30. The summed E-state index contributed by atoms with van der Waals surface area (Å²) >= 11 is 0. The fraction of sp³-hybridized carbons (Fsp3) is 0.333. The van der Waals surface area contributed by atoms with E-state index in [1.807, 2.05) is 0 Å². The maximum Gasteiger partial charge on any atom is 0.342 e. The highest BCUT2D eigenvalue weighted by molar-refractivity contribution is 5.93. The number of nitro benzene ring substituents is 1. The predicted octanol–water partition coefficient (Wildman–Crippen LogP) is 0.747. The Morgan fingerprint density at radius 1 is 1.45 bits per heavy atom. The van der Waals surface area contributed by atoms with Crippen LogP contribution in [0.4, 0.5) is 11.4 Å². The van der Waals surface area contributed by atoms with Crippen molar-refractivity contribution in [1.29, 1.82) is 0 Å². The molecule has 20 heavy (non-hydrogen) atoms. The Bertz CT molecular complexity index is 586. The number of benzene rings is 1. The number of nitrogens with zero attached hydrogens (tertiary/aromatic N) is 2. The maximum absolute atomic E-state index is 11.3. The van der Waals surface area contributed by atoms with Crippen LogP contribution < -0.4 is 10.6 Å². The second-order valence-corrected chi connectivity index (χ2v) is 4.52. The average Bonchev–Trinajstić information content (AvgIpc) is 2.87. The number of hydrogen-bond acceptors (Lipinski definition) is 5. The number of nitro groups is 1. The molecule has 8 nitrogen and oxygen atoms in total. The van der Waals surface area contributed by atoms with Crippen LogP contribution in [0.15, 0.2) is 18.2 Å². The first-order valence-electron chi connectivity index (χ1n) is 5.99. The van der Waals surface area contributed by atoms with Crippen molar-refractivity contribution in [2.75, 3.05) is 11.4 Å². The Balaban J connectivity index is 2.43. The quantitative estimate of drug-likeness (QED) is 0.618. The molecule has 1 unspecified atom stereocenters. The fourth-order valence-corrected chi connectivity index (χ4v) is 2.40. The predicted molar refractivity (Wildman–Crippen MR) is 69.6 cm³/mol. The van der Waals surface area contributed by atoms with E-state index >= 15 is 0 Å². The molecule has 1 saturated heterocycles. The Labute approximate surface area is 113 Å². The number of anilines is 1. The number of amides is 1. The van der Waals surface area contributed by atoms with E-state index in [9.17, 15) is 19.7 Å². The second kappa shape index (κ2) is 5.16. The lowest BCUT2D eigenvalue weighted by Crippen LogP contribution is -2.40. The lowest BCUT2D eigenvalue weighted by atomic mass is 10.1. The van der Waals surface area contributed by atoms with Crippen molar-refractivity contribution in [3.05, 3.63) is 33.9 Å². The van der Waals surface area contributed by atoms with Crippen LogP contribution in [0.5, 0.6) is 0 Å². The van der Waals surface area contributed by atoms with E-state index in [4.69, 9.17) is 10.8 Å². The molecule has 1 amide bonds. The first-order chi connectivity index (χ1) is 9.41. The summed E-state index contributed by atoms with van der Waals surface area (Å²) in [6, 6.07) is 3.29. The van der Waals surface area contributed by atoms with Crippen molar-refractivity contribution in [2.45, 2.75) is 18.9 Å². The Morgan fingerprint density at radius 3 is 2.70 bits per heavy atom. The van der Waals surface area contributed by atoms with Gasteiger partial charge in [0.25, 0.3) is 5.69 Å². The highest BCUT2D eigenvalue weighted by atomic mass is 16.6. The molecule has 0 aromatic heterocycles. The van der Waals surface area contributed by atoms with Gasteiger partial charge in [-0.3, -0.25) is 14.9 Å². The Kier molecular flexibility index (Phi) is 3.55. The van der Waals surface area contributed by atoms with Gasteiger partial charge in [-0.05, 0) is 25.0 Å². The van der Waals surface area contributed by atoms with E-state index in [2.05, 4.69) is 0 Å². The van der Waals surface area contributed by atoms with Gasteiger partial charge in [-0.15, -0.1) is 0 Å². The molecular weight excluding hydrogens is 266 g/mol. The van der Waals surface area contributed by atoms with Crippen LogP contribution in [0.25, 0.3) is 0 Å². The molecule has 0 radical (unpaired) electrons. The number of nitrogens with two attached hydrogens (primary N) is 1. The van der Waals surface area contributed by atoms with Gasteiger partial charge in [0.15, 0.2) is 0 Å². The number of primary amides is 1. The van der Waals surface area contributed by atoms with Crippen LogP contribution in [-0.4, -0.2) is 34.5 Å². The van der Waals surface area contributed by atoms with E-state index in [0.29, 0.717) is 18.7 Å². The zero-order valence-electron chi connectivity index (χ0n) is 10.5. The van der Waals surface area contributed by atoms with E-state index in [0.717, 1.165) is 6.42 Å². The van der Waals surface area contributed by atoms with Gasteiger partial charge in [-0.25, -0.2) is 4.79 Å². The summed E-state index contributed by atoms with van der Waals surface area (Å²) in [6.45, 7) is 0.553. The van der Waals surface area contributed by atoms with Gasteiger partial charge in [0.05, 0.1) is 4.92 Å². The first-order valence-corrected chi connectivity index (χ1v) is 5.99. The molecule has 0 aliphatic carbocycles. The summed E-state index contributed by atoms with van der Waals surface area (Å²) in [7, 11) is 0. The molecule has 1 aliphatic heterocycles. The van der Waals surface area contributed by atoms with E-state index in [-0.39, 0.29) is 5.56 Å². The monoisotopic (exact) mass is 279 g/mol. The van der Waals surface area contributed by atoms with Gasteiger partial charge in [0.2, 0.25) is 5.91 Å². The third kappa shape index (κ3) is 2.40. The van der Waals surface area contributed by atoms with Crippen LogP contribution in [0.1, 0.15) is 23.2 Å². The molecular formula is C12H13N3O5. The van der Waals surface area contributed by atoms with Gasteiger partial charge in [0, 0.05) is 18.3 Å². The number of carboxylic acid groups (broad SMARTS) is 1. The molecule has 106 valence electrons. The standard InChI is InChI=1S/C12H13N3O5/c13-11(16)9-2-1-5-14(9)7-3-4-8(12(17)18)10(6-7)15(19)20/h3-4,6,9H,1-2,5H2,(H2,13,16)(H,17,18). The van der Waals surface area contributed by atoms with Gasteiger partial charge < -0.3 is 15.7 Å². The molecule has 1 aromatic rings. The maximum atomic E-state index is 11.3. The van der Waals surface area contributed by atoms with E-state index in [1.165, 1.54) is 18.2 Å². The molecule has 2 rings (SSSR count). The normalized spacial score (nSPS) is 18.0. The van der Waals surface area contributed by atoms with Crippen LogP contribution in [0.3, 0.4) is 0 Å². The summed E-state index contributed by atoms with van der Waals surface area (Å²) in [6.07, 6.45) is 1.34. The lowest BCUT2D eigenvalue weighted by molar-refractivity contribution is -0.385. The molecule has 3 N–H and O–H groups in total. The molecule has 0 saturated carbocycles. The minimum Gasteiger partial charge on any atom is -0.477 e. The topological polar surface area (TPSA) is 127 Å². The zero-order chi connectivity index (χ0) is 14.9. The highest BCUT2D eigenvalue weighted by Gasteiger charge is 2.31. The van der Waals surface area contributed by atoms with Crippen molar-refractivity contribution in [1.82, 2.24) is 0 Å². The smallest absolute Gasteiger partial charge is 0.342 e. The van der Waals surface area contributed by atoms with Crippen molar-refractivity contribution in [3.8, 4) is 0 Å². The molecule has 1 fully saturated rings. The minimum absolute atomic E-state index is 0.381. The number of carbonyl (C=O) groups is 2. The second-order valence-electron chi connectivity index (χ2n) is 4.52. The molecule has 0 spiro atoms. The SMILES string of the molecule is NC(=O)C1CCCN1c1ccc(C(=O)O)c([N+](=O)[O-])c1. The summed E-state index contributed by atoms with van der Waals surface area (Å²) in [5.74, 6) is -1.86. The fourth-order valence-electron chi connectivity index (χ4n) is 2.40. The van der Waals surface area contributed by atoms with Gasteiger partial charge in [-0.1, -0.05) is 0 Å². The van der Waals surface area contributed by atoms with E-state index < -0.39 is 28.5 Å². The summed E-state index contributed by atoms with van der Waals surface area (Å²) in [5.41, 5.74) is 4.85. The molecule has 1 aliphatic rings. The Morgan fingerprint density at radius 2 is 2.15 bits per heavy atom. The van der Waals surface area contributed by atoms with Crippen molar-refractivity contribution >= 4 is 23.3 Å². The summed E-state index contributed by atoms with van der Waals surface area (Å²) in [5, 5.41) is 19.9. The van der Waals surface area contributed by atoms with E-state index in [1.54, 1.807) is 4.90 Å². The van der Waals surface area contributed by atoms with Gasteiger partial charge in [-0.2, -0.15) is 0 Å². The van der Waals surface area contributed by atoms with Crippen molar-refractivity contribution in [3.63, 3.8) is 0 Å². The number of rotatable bonds is 4. The number of hydrogen-bond donors (Lipinski definition) is 2. The Hall–Kier alpha value is -2.64. The van der Waals surface area contributed by atoms with Crippen LogP contribution in [0, 0.1) is 10.1 Å². The molecule has 1 heterocycles. The third-order valence-electron chi connectivity index (χ3n) is 3.32. The first kappa shape index (κ1) is 13.8. The van der Waals surface area contributed by atoms with Crippen LogP contribution >= 0.6 is 0 Å². The van der Waals surface area contributed by atoms with Crippen LogP contribution in [0.2, 0.25) is 0 Å². The minimum atomic E-state index is -1.36. The van der Waals surface area contributed by atoms with Gasteiger partial charge >= 0.3 is 5.97 Å². The number of aromatic carboxylic acids is 1. The largest absolute Gasteiger partial charge is 0.477 e. The molecule has 0 bridgehead atoms. The van der Waals surface area contributed by atoms with Gasteiger partial charge in [0.1, 0.15) is 11.6 Å². The molecule has 8 heteroatoms. The average molecular weight is 279 g/mol. The lowest BCUT2D eigenvalue weighted by Gasteiger charge is -2.24.